The average Bonchev–Trinajstić information content (AvgIpc) is 3.00. The van der Waals surface area contributed by atoms with E-state index in [1.54, 1.807) is 22.9 Å². The van der Waals surface area contributed by atoms with Crippen molar-refractivity contribution in [2.45, 2.75) is 13.5 Å². The Hall–Kier alpha value is -3.26. The molecule has 2 aromatic heterocycles. The summed E-state index contributed by atoms with van der Waals surface area (Å²) in [6, 6.07) is 12.0. The van der Waals surface area contributed by atoms with Crippen molar-refractivity contribution in [2.24, 2.45) is 4.99 Å². The van der Waals surface area contributed by atoms with Crippen molar-refractivity contribution in [3.8, 4) is 17.2 Å². The Bertz CT molecular complexity index is 902. The highest BCUT2D eigenvalue weighted by molar-refractivity contribution is 5.84. The van der Waals surface area contributed by atoms with Crippen LogP contribution in [0.15, 0.2) is 60.7 Å². The molecule has 4 nitrogen and oxygen atoms in total. The van der Waals surface area contributed by atoms with Crippen molar-refractivity contribution in [3.63, 3.8) is 0 Å². The van der Waals surface area contributed by atoms with E-state index in [2.05, 4.69) is 29.3 Å². The van der Waals surface area contributed by atoms with Crippen LogP contribution in [0, 0.1) is 17.1 Å². The van der Waals surface area contributed by atoms with Gasteiger partial charge in [0.25, 0.3) is 0 Å². The lowest BCUT2D eigenvalue weighted by molar-refractivity contribution is 0.628. The Balaban J connectivity index is 0.00000100. The first-order valence-electron chi connectivity index (χ1n) is 7.34. The number of halogens is 1. The second kappa shape index (κ2) is 7.84. The van der Waals surface area contributed by atoms with Crippen molar-refractivity contribution in [2.75, 3.05) is 0 Å². The summed E-state index contributed by atoms with van der Waals surface area (Å²) in [4.78, 5) is 4.19. The molecule has 120 valence electrons. The van der Waals surface area contributed by atoms with Gasteiger partial charge in [-0.05, 0) is 42.5 Å². The zero-order chi connectivity index (χ0) is 17.5. The van der Waals surface area contributed by atoms with Gasteiger partial charge in [0.05, 0.1) is 12.1 Å². The number of rotatable bonds is 3. The summed E-state index contributed by atoms with van der Waals surface area (Å²) in [6.07, 6.45) is 3.61. The summed E-state index contributed by atoms with van der Waals surface area (Å²) < 4.78 is 14.8. The predicted octanol–water partition coefficient (Wildman–Crippen LogP) is 4.40. The molecule has 0 saturated carbocycles. The number of nitriles is 1. The monoisotopic (exact) mass is 320 g/mol. The van der Waals surface area contributed by atoms with Gasteiger partial charge in [-0.15, -0.1) is 13.2 Å². The summed E-state index contributed by atoms with van der Waals surface area (Å²) >= 11 is 0. The van der Waals surface area contributed by atoms with Gasteiger partial charge in [-0.2, -0.15) is 10.4 Å². The number of nitrogens with zero attached hydrogens (tertiary/aromatic N) is 4. The summed E-state index contributed by atoms with van der Waals surface area (Å²) in [5.41, 5.74) is 3.62. The third kappa shape index (κ3) is 3.39. The zero-order valence-corrected chi connectivity index (χ0v) is 13.4. The number of hydrogen-bond acceptors (Lipinski definition) is 3. The molecule has 0 fully saturated rings. The molecular weight excluding hydrogens is 303 g/mol. The highest BCUT2D eigenvalue weighted by Gasteiger charge is 2.14. The van der Waals surface area contributed by atoms with Gasteiger partial charge < -0.3 is 0 Å². The van der Waals surface area contributed by atoms with Gasteiger partial charge in [-0.25, -0.2) is 8.91 Å². The number of fused-ring (bicyclic) bond motifs is 1. The molecule has 0 aliphatic heterocycles. The van der Waals surface area contributed by atoms with Crippen molar-refractivity contribution >= 4 is 11.7 Å². The molecule has 0 N–H and O–H groups in total. The topological polar surface area (TPSA) is 53.5 Å². The van der Waals surface area contributed by atoms with E-state index in [1.807, 2.05) is 25.3 Å². The first-order valence-corrected chi connectivity index (χ1v) is 7.34. The minimum absolute atomic E-state index is 0.307. The van der Waals surface area contributed by atoms with Crippen LogP contribution in [0.2, 0.25) is 0 Å². The number of pyridine rings is 1. The molecule has 2 heterocycles. The Morgan fingerprint density at radius 1 is 1.25 bits per heavy atom. The molecule has 0 aliphatic rings. The van der Waals surface area contributed by atoms with Crippen LogP contribution < -0.4 is 0 Å². The molecule has 0 spiro atoms. The van der Waals surface area contributed by atoms with Crippen LogP contribution in [0.4, 0.5) is 4.39 Å². The van der Waals surface area contributed by atoms with E-state index in [9.17, 15) is 9.65 Å². The quantitative estimate of drug-likeness (QED) is 0.530. The second-order valence-electron chi connectivity index (χ2n) is 4.81. The molecule has 1 aromatic carbocycles. The number of aliphatic imine (C=N–C) groups is 1. The molecule has 3 rings (SSSR count). The van der Waals surface area contributed by atoms with Crippen molar-refractivity contribution in [3.05, 3.63) is 72.8 Å². The van der Waals surface area contributed by atoms with Crippen LogP contribution in [0.5, 0.6) is 0 Å². The highest BCUT2D eigenvalue weighted by atomic mass is 19.1. The standard InChI is InChI=1S/C17H13FN4.C2H4/c1-2-20-10-12-3-8-16-17(13-4-6-14(18)7-5-13)15(9-19)21-22(16)11-12;1-2/h2-8,11H,10H2,1H3;1-2H2. The largest absolute Gasteiger partial charge is 0.293 e. The molecule has 0 atom stereocenters. The van der Waals surface area contributed by atoms with E-state index in [0.29, 0.717) is 17.8 Å². The van der Waals surface area contributed by atoms with Crippen LogP contribution in [0.3, 0.4) is 0 Å². The number of hydrogen-bond donors (Lipinski definition) is 0. The van der Waals surface area contributed by atoms with Gasteiger partial charge in [0, 0.05) is 11.8 Å². The van der Waals surface area contributed by atoms with E-state index in [-0.39, 0.29) is 5.82 Å². The maximum absolute atomic E-state index is 13.1. The third-order valence-electron chi connectivity index (χ3n) is 3.39. The van der Waals surface area contributed by atoms with Crippen LogP contribution in [0.1, 0.15) is 18.2 Å². The van der Waals surface area contributed by atoms with Crippen LogP contribution in [-0.2, 0) is 6.54 Å². The van der Waals surface area contributed by atoms with E-state index in [4.69, 9.17) is 0 Å². The fourth-order valence-corrected chi connectivity index (χ4v) is 2.36. The summed E-state index contributed by atoms with van der Waals surface area (Å²) in [6.45, 7) is 8.44. The van der Waals surface area contributed by atoms with Gasteiger partial charge >= 0.3 is 0 Å². The summed E-state index contributed by atoms with van der Waals surface area (Å²) in [5, 5.41) is 13.6. The number of benzene rings is 1. The molecule has 3 aromatic rings. The lowest BCUT2D eigenvalue weighted by Gasteiger charge is -2.02. The maximum atomic E-state index is 13.1. The Kier molecular flexibility index (Phi) is 5.58. The zero-order valence-electron chi connectivity index (χ0n) is 13.4. The SMILES string of the molecule is C=C.CC=NCc1ccc2c(-c3ccc(F)cc3)c(C#N)nn2c1. The summed E-state index contributed by atoms with van der Waals surface area (Å²) in [5.74, 6) is -0.307. The Labute approximate surface area is 140 Å². The molecule has 0 unspecified atom stereocenters. The molecule has 0 bridgehead atoms. The average molecular weight is 320 g/mol. The maximum Gasteiger partial charge on any atom is 0.171 e. The second-order valence-corrected chi connectivity index (χ2v) is 4.81. The molecule has 24 heavy (non-hydrogen) atoms. The Morgan fingerprint density at radius 2 is 1.96 bits per heavy atom. The van der Waals surface area contributed by atoms with Gasteiger partial charge in [0.15, 0.2) is 5.69 Å². The third-order valence-corrected chi connectivity index (χ3v) is 3.39. The Morgan fingerprint density at radius 3 is 2.58 bits per heavy atom. The lowest BCUT2D eigenvalue weighted by atomic mass is 10.0. The fraction of sp³-hybridized carbons (Fsp3) is 0.105. The van der Waals surface area contributed by atoms with Crippen LogP contribution in [0.25, 0.3) is 16.6 Å². The highest BCUT2D eigenvalue weighted by Crippen LogP contribution is 2.28. The molecule has 0 amide bonds. The molecule has 0 aliphatic carbocycles. The number of aromatic nitrogens is 2. The normalized spacial score (nSPS) is 10.4. The molecular formula is C19H17FN4. The predicted molar refractivity (Wildman–Crippen MR) is 94.4 cm³/mol. The molecule has 0 radical (unpaired) electrons. The first kappa shape index (κ1) is 17.1. The van der Waals surface area contributed by atoms with Crippen molar-refractivity contribution in [1.82, 2.24) is 9.61 Å². The summed E-state index contributed by atoms with van der Waals surface area (Å²) in [7, 11) is 0. The minimum Gasteiger partial charge on any atom is -0.293 e. The lowest BCUT2D eigenvalue weighted by Crippen LogP contribution is -1.91. The first-order chi connectivity index (χ1) is 11.7. The van der Waals surface area contributed by atoms with Crippen molar-refractivity contribution in [1.29, 1.82) is 5.26 Å². The van der Waals surface area contributed by atoms with E-state index >= 15 is 0 Å². The van der Waals surface area contributed by atoms with Gasteiger partial charge in [0.1, 0.15) is 11.9 Å². The van der Waals surface area contributed by atoms with Crippen LogP contribution >= 0.6 is 0 Å². The molecule has 5 heteroatoms. The van der Waals surface area contributed by atoms with E-state index in [1.165, 1.54) is 12.1 Å². The van der Waals surface area contributed by atoms with Gasteiger partial charge in [-0.3, -0.25) is 4.99 Å². The van der Waals surface area contributed by atoms with Crippen LogP contribution in [-0.4, -0.2) is 15.8 Å². The smallest absolute Gasteiger partial charge is 0.171 e. The van der Waals surface area contributed by atoms with Crippen molar-refractivity contribution < 1.29 is 4.39 Å². The minimum atomic E-state index is -0.307. The van der Waals surface area contributed by atoms with E-state index in [0.717, 1.165) is 16.6 Å². The van der Waals surface area contributed by atoms with E-state index < -0.39 is 0 Å². The fourth-order valence-electron chi connectivity index (χ4n) is 2.36. The van der Waals surface area contributed by atoms with Gasteiger partial charge in [-0.1, -0.05) is 18.2 Å². The molecule has 0 saturated heterocycles. The van der Waals surface area contributed by atoms with Gasteiger partial charge in [0.2, 0.25) is 0 Å².